The van der Waals surface area contributed by atoms with Crippen LogP contribution in [0, 0.1) is 5.92 Å². The highest BCUT2D eigenvalue weighted by Crippen LogP contribution is 2.11. The van der Waals surface area contributed by atoms with E-state index in [0.717, 1.165) is 19.3 Å². The maximum Gasteiger partial charge on any atom is 0.249 e. The third kappa shape index (κ3) is 3.64. The summed E-state index contributed by atoms with van der Waals surface area (Å²) < 4.78 is 5.25. The van der Waals surface area contributed by atoms with Gasteiger partial charge in [0, 0.05) is 19.8 Å². The lowest BCUT2D eigenvalue weighted by molar-refractivity contribution is -0.130. The van der Waals surface area contributed by atoms with Crippen molar-refractivity contribution in [3.8, 4) is 0 Å². The average Bonchev–Trinajstić information content (AvgIpc) is 2.67. The molecule has 1 unspecified atom stereocenters. The van der Waals surface area contributed by atoms with Crippen LogP contribution in [0.2, 0.25) is 0 Å². The van der Waals surface area contributed by atoms with E-state index in [4.69, 9.17) is 9.84 Å². The van der Waals surface area contributed by atoms with E-state index in [-0.39, 0.29) is 18.6 Å². The molecule has 1 aliphatic rings. The normalized spacial score (nSPS) is 23.4. The highest BCUT2D eigenvalue weighted by molar-refractivity contribution is 5.80. The quantitative estimate of drug-likeness (QED) is 0.672. The minimum Gasteiger partial charge on any atom is -0.396 e. The van der Waals surface area contributed by atoms with Crippen molar-refractivity contribution in [1.82, 2.24) is 5.32 Å². The van der Waals surface area contributed by atoms with Gasteiger partial charge in [-0.15, -0.1) is 0 Å². The van der Waals surface area contributed by atoms with Gasteiger partial charge in [0.15, 0.2) is 0 Å². The van der Waals surface area contributed by atoms with Crippen LogP contribution in [0.3, 0.4) is 0 Å². The van der Waals surface area contributed by atoms with Crippen molar-refractivity contribution >= 4 is 5.91 Å². The van der Waals surface area contributed by atoms with E-state index in [1.54, 1.807) is 0 Å². The summed E-state index contributed by atoms with van der Waals surface area (Å²) in [6, 6.07) is 0. The van der Waals surface area contributed by atoms with E-state index >= 15 is 0 Å². The van der Waals surface area contributed by atoms with Crippen molar-refractivity contribution in [3.63, 3.8) is 0 Å². The first-order valence-electron chi connectivity index (χ1n) is 5.24. The summed E-state index contributed by atoms with van der Waals surface area (Å²) in [5.41, 5.74) is 0. The molecule has 4 nitrogen and oxygen atoms in total. The van der Waals surface area contributed by atoms with Gasteiger partial charge in [0.25, 0.3) is 0 Å². The predicted octanol–water partition coefficient (Wildman–Crippen LogP) is 0.300. The Balaban J connectivity index is 2.13. The van der Waals surface area contributed by atoms with E-state index in [2.05, 4.69) is 5.32 Å². The largest absolute Gasteiger partial charge is 0.396 e. The summed E-state index contributed by atoms with van der Waals surface area (Å²) in [5.74, 6) is 0.317. The summed E-state index contributed by atoms with van der Waals surface area (Å²) in [6.07, 6.45) is 2.30. The molecule has 1 amide bonds. The number of aliphatic hydroxyl groups excluding tert-OH is 1. The molecule has 0 aliphatic carbocycles. The number of carbonyl (C=O) groups excluding carboxylic acids is 1. The Morgan fingerprint density at radius 1 is 1.71 bits per heavy atom. The Kier molecular flexibility index (Phi) is 4.90. The summed E-state index contributed by atoms with van der Waals surface area (Å²) >= 11 is 0. The molecular formula is C10H19NO3. The Morgan fingerprint density at radius 2 is 2.50 bits per heavy atom. The molecular weight excluding hydrogens is 182 g/mol. The highest BCUT2D eigenvalue weighted by Gasteiger charge is 2.23. The second kappa shape index (κ2) is 5.98. The Hall–Kier alpha value is -0.610. The monoisotopic (exact) mass is 201 g/mol. The molecule has 0 aromatic rings. The van der Waals surface area contributed by atoms with Crippen LogP contribution in [0.15, 0.2) is 0 Å². The molecule has 0 saturated carbocycles. The topological polar surface area (TPSA) is 58.6 Å². The van der Waals surface area contributed by atoms with E-state index < -0.39 is 0 Å². The van der Waals surface area contributed by atoms with Crippen LogP contribution < -0.4 is 5.32 Å². The summed E-state index contributed by atoms with van der Waals surface area (Å²) in [7, 11) is 0. The van der Waals surface area contributed by atoms with Gasteiger partial charge in [-0.05, 0) is 25.2 Å². The van der Waals surface area contributed by atoms with Gasteiger partial charge in [-0.25, -0.2) is 0 Å². The molecule has 0 aromatic heterocycles. The molecule has 1 fully saturated rings. The molecule has 0 aromatic carbocycles. The number of hydrogen-bond donors (Lipinski definition) is 2. The molecule has 1 aliphatic heterocycles. The molecule has 0 spiro atoms. The minimum atomic E-state index is -0.240. The van der Waals surface area contributed by atoms with Crippen molar-refractivity contribution in [1.29, 1.82) is 0 Å². The van der Waals surface area contributed by atoms with Gasteiger partial charge in [0.2, 0.25) is 5.91 Å². The fourth-order valence-electron chi connectivity index (χ4n) is 1.50. The molecule has 2 N–H and O–H groups in total. The fraction of sp³-hybridized carbons (Fsp3) is 0.900. The van der Waals surface area contributed by atoms with E-state index in [1.165, 1.54) is 0 Å². The number of amides is 1. The lowest BCUT2D eigenvalue weighted by Crippen LogP contribution is -2.36. The second-order valence-corrected chi connectivity index (χ2v) is 3.86. The molecule has 0 radical (unpaired) electrons. The summed E-state index contributed by atoms with van der Waals surface area (Å²) in [4.78, 5) is 11.5. The van der Waals surface area contributed by atoms with E-state index in [1.807, 2.05) is 6.92 Å². The molecule has 1 heterocycles. The zero-order chi connectivity index (χ0) is 10.4. The first kappa shape index (κ1) is 11.5. The van der Waals surface area contributed by atoms with Gasteiger partial charge in [0.05, 0.1) is 0 Å². The Bertz CT molecular complexity index is 178. The van der Waals surface area contributed by atoms with Crippen molar-refractivity contribution < 1.29 is 14.6 Å². The molecule has 1 saturated heterocycles. The zero-order valence-corrected chi connectivity index (χ0v) is 8.66. The first-order chi connectivity index (χ1) is 6.74. The van der Waals surface area contributed by atoms with Crippen LogP contribution in [0.5, 0.6) is 0 Å². The van der Waals surface area contributed by atoms with Crippen molar-refractivity contribution in [2.24, 2.45) is 5.92 Å². The number of hydrogen-bond acceptors (Lipinski definition) is 3. The lowest BCUT2D eigenvalue weighted by atomic mass is 10.1. The van der Waals surface area contributed by atoms with Crippen LogP contribution in [0.4, 0.5) is 0 Å². The number of rotatable bonds is 5. The molecule has 82 valence electrons. The second-order valence-electron chi connectivity index (χ2n) is 3.86. The van der Waals surface area contributed by atoms with Crippen LogP contribution in [0.1, 0.15) is 26.2 Å². The SMILES string of the molecule is CC(CCO)CNC(=O)[C@H]1CCCO1. The third-order valence-electron chi connectivity index (χ3n) is 2.47. The van der Waals surface area contributed by atoms with Crippen molar-refractivity contribution in [2.45, 2.75) is 32.3 Å². The molecule has 14 heavy (non-hydrogen) atoms. The number of aliphatic hydroxyl groups is 1. The summed E-state index contributed by atoms with van der Waals surface area (Å²) in [5, 5.41) is 11.5. The Labute approximate surface area is 84.6 Å². The smallest absolute Gasteiger partial charge is 0.249 e. The lowest BCUT2D eigenvalue weighted by Gasteiger charge is -2.13. The number of nitrogens with one attached hydrogen (secondary N) is 1. The number of carbonyl (C=O) groups is 1. The van der Waals surface area contributed by atoms with Gasteiger partial charge >= 0.3 is 0 Å². The predicted molar refractivity (Wildman–Crippen MR) is 52.9 cm³/mol. The molecule has 1 rings (SSSR count). The van der Waals surface area contributed by atoms with E-state index in [0.29, 0.717) is 19.1 Å². The van der Waals surface area contributed by atoms with Crippen LogP contribution in [-0.4, -0.2) is 36.9 Å². The highest BCUT2D eigenvalue weighted by atomic mass is 16.5. The van der Waals surface area contributed by atoms with Gasteiger partial charge < -0.3 is 15.2 Å². The maximum absolute atomic E-state index is 11.5. The van der Waals surface area contributed by atoms with Crippen molar-refractivity contribution in [2.75, 3.05) is 19.8 Å². The molecule has 2 atom stereocenters. The van der Waals surface area contributed by atoms with Crippen LogP contribution in [0.25, 0.3) is 0 Å². The van der Waals surface area contributed by atoms with Crippen LogP contribution >= 0.6 is 0 Å². The average molecular weight is 201 g/mol. The third-order valence-corrected chi connectivity index (χ3v) is 2.47. The zero-order valence-electron chi connectivity index (χ0n) is 8.66. The van der Waals surface area contributed by atoms with Crippen molar-refractivity contribution in [3.05, 3.63) is 0 Å². The molecule has 4 heteroatoms. The Morgan fingerprint density at radius 3 is 3.07 bits per heavy atom. The standard InChI is InChI=1S/C10H19NO3/c1-8(4-5-12)7-11-10(13)9-3-2-6-14-9/h8-9,12H,2-7H2,1H3,(H,11,13)/t8?,9-/m1/s1. The van der Waals surface area contributed by atoms with Gasteiger partial charge in [0.1, 0.15) is 6.10 Å². The first-order valence-corrected chi connectivity index (χ1v) is 5.24. The van der Waals surface area contributed by atoms with Gasteiger partial charge in [-0.3, -0.25) is 4.79 Å². The van der Waals surface area contributed by atoms with Gasteiger partial charge in [-0.1, -0.05) is 6.92 Å². The van der Waals surface area contributed by atoms with Crippen LogP contribution in [-0.2, 0) is 9.53 Å². The summed E-state index contributed by atoms with van der Waals surface area (Å²) in [6.45, 7) is 3.51. The fourth-order valence-corrected chi connectivity index (χ4v) is 1.50. The van der Waals surface area contributed by atoms with Gasteiger partial charge in [-0.2, -0.15) is 0 Å². The minimum absolute atomic E-state index is 0.00714. The number of ether oxygens (including phenoxy) is 1. The van der Waals surface area contributed by atoms with E-state index in [9.17, 15) is 4.79 Å². The maximum atomic E-state index is 11.5. The molecule has 0 bridgehead atoms.